The second-order valence-corrected chi connectivity index (χ2v) is 5.43. The molecule has 1 aliphatic carbocycles. The van der Waals surface area contributed by atoms with Crippen molar-refractivity contribution in [2.24, 2.45) is 11.1 Å². The molecule has 1 aromatic carbocycles. The number of benzene rings is 1. The minimum Gasteiger partial charge on any atom is -0.327 e. The van der Waals surface area contributed by atoms with E-state index in [1.807, 2.05) is 6.92 Å². The average molecular weight is 271 g/mol. The number of amides is 1. The molecule has 0 bridgehead atoms. The van der Waals surface area contributed by atoms with Crippen LogP contribution in [-0.4, -0.2) is 11.9 Å². The molecule has 0 heterocycles. The number of halogens is 2. The van der Waals surface area contributed by atoms with Gasteiger partial charge in [-0.05, 0) is 38.0 Å². The van der Waals surface area contributed by atoms with Crippen LogP contribution in [0.3, 0.4) is 0 Å². The number of hydrogen-bond donors (Lipinski definition) is 2. The van der Waals surface area contributed by atoms with Crippen LogP contribution in [0.4, 0.5) is 10.1 Å². The molecule has 0 radical (unpaired) electrons. The molecule has 2 unspecified atom stereocenters. The number of carbonyl (C=O) groups excluding carboxylic acids is 1. The van der Waals surface area contributed by atoms with Crippen molar-refractivity contribution in [3.63, 3.8) is 0 Å². The summed E-state index contributed by atoms with van der Waals surface area (Å²) in [5.74, 6) is -0.739. The number of carbonyl (C=O) groups is 1. The molecule has 1 amide bonds. The standard InChI is InChI=1S/C13H16ClFN2O/c1-13(6-2-3-11(13)16)12(18)17-10-7-8(14)4-5-9(10)15/h4-5,7,11H,2-3,6,16H2,1H3,(H,17,18). The van der Waals surface area contributed by atoms with Gasteiger partial charge in [0.15, 0.2) is 0 Å². The summed E-state index contributed by atoms with van der Waals surface area (Å²) < 4.78 is 13.5. The molecule has 0 saturated heterocycles. The number of anilines is 1. The highest BCUT2D eigenvalue weighted by molar-refractivity contribution is 6.30. The van der Waals surface area contributed by atoms with Crippen molar-refractivity contribution in [3.8, 4) is 0 Å². The summed E-state index contributed by atoms with van der Waals surface area (Å²) in [7, 11) is 0. The van der Waals surface area contributed by atoms with Gasteiger partial charge in [-0.25, -0.2) is 4.39 Å². The van der Waals surface area contributed by atoms with E-state index >= 15 is 0 Å². The maximum atomic E-state index is 13.5. The number of nitrogens with two attached hydrogens (primary N) is 1. The van der Waals surface area contributed by atoms with Crippen LogP contribution in [0.25, 0.3) is 0 Å². The van der Waals surface area contributed by atoms with E-state index in [2.05, 4.69) is 5.32 Å². The van der Waals surface area contributed by atoms with Crippen molar-refractivity contribution >= 4 is 23.2 Å². The van der Waals surface area contributed by atoms with E-state index in [1.54, 1.807) is 0 Å². The van der Waals surface area contributed by atoms with Crippen LogP contribution in [0.2, 0.25) is 5.02 Å². The largest absolute Gasteiger partial charge is 0.327 e. The van der Waals surface area contributed by atoms with Crippen LogP contribution in [0.5, 0.6) is 0 Å². The highest BCUT2D eigenvalue weighted by Gasteiger charge is 2.43. The molecule has 0 spiro atoms. The van der Waals surface area contributed by atoms with Crippen molar-refractivity contribution in [3.05, 3.63) is 29.0 Å². The second-order valence-electron chi connectivity index (χ2n) is 4.99. The van der Waals surface area contributed by atoms with Gasteiger partial charge in [0.2, 0.25) is 5.91 Å². The summed E-state index contributed by atoms with van der Waals surface area (Å²) in [5, 5.41) is 2.97. The molecular formula is C13H16ClFN2O. The lowest BCUT2D eigenvalue weighted by Crippen LogP contribution is -2.44. The van der Waals surface area contributed by atoms with Crippen LogP contribution < -0.4 is 11.1 Å². The van der Waals surface area contributed by atoms with Gasteiger partial charge in [0, 0.05) is 11.1 Å². The first kappa shape index (κ1) is 13.3. The maximum absolute atomic E-state index is 13.5. The minimum absolute atomic E-state index is 0.104. The molecule has 18 heavy (non-hydrogen) atoms. The van der Waals surface area contributed by atoms with Crippen LogP contribution >= 0.6 is 11.6 Å². The Balaban J connectivity index is 2.19. The van der Waals surface area contributed by atoms with Gasteiger partial charge in [-0.3, -0.25) is 4.79 Å². The molecule has 0 aliphatic heterocycles. The zero-order valence-corrected chi connectivity index (χ0v) is 10.9. The maximum Gasteiger partial charge on any atom is 0.231 e. The Morgan fingerprint density at radius 2 is 2.33 bits per heavy atom. The molecular weight excluding hydrogens is 255 g/mol. The Labute approximate surface area is 111 Å². The summed E-state index contributed by atoms with van der Waals surface area (Å²) in [5.41, 5.74) is 5.43. The molecule has 5 heteroatoms. The van der Waals surface area contributed by atoms with E-state index < -0.39 is 11.2 Å². The van der Waals surface area contributed by atoms with Gasteiger partial charge in [-0.15, -0.1) is 0 Å². The van der Waals surface area contributed by atoms with E-state index in [9.17, 15) is 9.18 Å². The Morgan fingerprint density at radius 1 is 1.61 bits per heavy atom. The molecule has 1 aliphatic rings. The predicted molar refractivity (Wildman–Crippen MR) is 70.0 cm³/mol. The first-order chi connectivity index (χ1) is 8.43. The highest BCUT2D eigenvalue weighted by atomic mass is 35.5. The monoisotopic (exact) mass is 270 g/mol. The molecule has 2 rings (SSSR count). The number of hydrogen-bond acceptors (Lipinski definition) is 2. The summed E-state index contributed by atoms with van der Waals surface area (Å²) in [6.07, 6.45) is 2.47. The van der Waals surface area contributed by atoms with Gasteiger partial charge >= 0.3 is 0 Å². The highest BCUT2D eigenvalue weighted by Crippen LogP contribution is 2.38. The van der Waals surface area contributed by atoms with Crippen LogP contribution in [0, 0.1) is 11.2 Å². The quantitative estimate of drug-likeness (QED) is 0.868. The summed E-state index contributed by atoms with van der Waals surface area (Å²) in [6, 6.07) is 3.89. The van der Waals surface area contributed by atoms with Gasteiger partial charge in [0.05, 0.1) is 11.1 Å². The Bertz CT molecular complexity index is 480. The lowest BCUT2D eigenvalue weighted by molar-refractivity contribution is -0.125. The van der Waals surface area contributed by atoms with Gasteiger partial charge in [0.25, 0.3) is 0 Å². The fourth-order valence-electron chi connectivity index (χ4n) is 2.33. The normalized spacial score (nSPS) is 27.2. The van der Waals surface area contributed by atoms with E-state index in [4.69, 9.17) is 17.3 Å². The van der Waals surface area contributed by atoms with Crippen molar-refractivity contribution in [2.75, 3.05) is 5.32 Å². The molecule has 2 atom stereocenters. The smallest absolute Gasteiger partial charge is 0.231 e. The number of rotatable bonds is 2. The zero-order valence-electron chi connectivity index (χ0n) is 10.2. The first-order valence-corrected chi connectivity index (χ1v) is 6.33. The van der Waals surface area contributed by atoms with Gasteiger partial charge in [0.1, 0.15) is 5.82 Å². The topological polar surface area (TPSA) is 55.1 Å². The van der Waals surface area contributed by atoms with E-state index in [1.165, 1.54) is 18.2 Å². The van der Waals surface area contributed by atoms with Crippen molar-refractivity contribution in [1.82, 2.24) is 0 Å². The van der Waals surface area contributed by atoms with Gasteiger partial charge in [-0.1, -0.05) is 18.0 Å². The molecule has 3 nitrogen and oxygen atoms in total. The molecule has 1 fully saturated rings. The summed E-state index contributed by atoms with van der Waals surface area (Å²) >= 11 is 5.78. The second kappa shape index (κ2) is 4.86. The Kier molecular flexibility index (Phi) is 3.59. The third-order valence-electron chi connectivity index (χ3n) is 3.72. The van der Waals surface area contributed by atoms with Crippen molar-refractivity contribution in [1.29, 1.82) is 0 Å². The van der Waals surface area contributed by atoms with Crippen molar-refractivity contribution in [2.45, 2.75) is 32.2 Å². The van der Waals surface area contributed by atoms with Gasteiger partial charge in [-0.2, -0.15) is 0 Å². The molecule has 0 aromatic heterocycles. The van der Waals surface area contributed by atoms with Crippen LogP contribution in [0.15, 0.2) is 18.2 Å². The Hall–Kier alpha value is -1.13. The molecule has 1 saturated carbocycles. The van der Waals surface area contributed by atoms with Crippen LogP contribution in [0.1, 0.15) is 26.2 Å². The fraction of sp³-hybridized carbons (Fsp3) is 0.462. The van der Waals surface area contributed by atoms with Crippen molar-refractivity contribution < 1.29 is 9.18 Å². The summed E-state index contributed by atoms with van der Waals surface area (Å²) in [4.78, 5) is 12.2. The first-order valence-electron chi connectivity index (χ1n) is 5.95. The van der Waals surface area contributed by atoms with Crippen LogP contribution in [-0.2, 0) is 4.79 Å². The molecule has 3 N–H and O–H groups in total. The fourth-order valence-corrected chi connectivity index (χ4v) is 2.51. The zero-order chi connectivity index (χ0) is 13.3. The lowest BCUT2D eigenvalue weighted by atomic mass is 9.84. The van der Waals surface area contributed by atoms with E-state index in [-0.39, 0.29) is 17.6 Å². The minimum atomic E-state index is -0.630. The molecule has 1 aromatic rings. The van der Waals surface area contributed by atoms with E-state index in [0.717, 1.165) is 19.3 Å². The SMILES string of the molecule is CC1(C(=O)Nc2cc(Cl)ccc2F)CCCC1N. The third-order valence-corrected chi connectivity index (χ3v) is 3.96. The third kappa shape index (κ3) is 2.35. The molecule has 98 valence electrons. The number of nitrogens with one attached hydrogen (secondary N) is 1. The van der Waals surface area contributed by atoms with Gasteiger partial charge < -0.3 is 11.1 Å². The lowest BCUT2D eigenvalue weighted by Gasteiger charge is -2.27. The van der Waals surface area contributed by atoms with E-state index in [0.29, 0.717) is 5.02 Å². The predicted octanol–water partition coefficient (Wildman–Crippen LogP) is 2.94. The summed E-state index contributed by atoms with van der Waals surface area (Å²) in [6.45, 7) is 1.82. The Morgan fingerprint density at radius 3 is 2.94 bits per heavy atom. The average Bonchev–Trinajstić information content (AvgIpc) is 2.66.